The van der Waals surface area contributed by atoms with Gasteiger partial charge in [-0.1, -0.05) is 12.1 Å². The number of carbonyl (C=O) groups excluding carboxylic acids is 8. The first-order valence-corrected chi connectivity index (χ1v) is 16.2. The van der Waals surface area contributed by atoms with Crippen LogP contribution >= 0.6 is 0 Å². The second-order valence-electron chi connectivity index (χ2n) is 11.3. The molecule has 2 aliphatic heterocycles. The van der Waals surface area contributed by atoms with E-state index in [2.05, 4.69) is 9.47 Å². The maximum Gasteiger partial charge on any atom is 0.339 e. The molecule has 0 aliphatic carbocycles. The molecule has 4 amide bonds. The number of hydrogen-bond donors (Lipinski definition) is 0. The van der Waals surface area contributed by atoms with Gasteiger partial charge in [0.15, 0.2) is 6.73 Å². The van der Waals surface area contributed by atoms with Crippen molar-refractivity contribution in [3.05, 3.63) is 129 Å². The van der Waals surface area contributed by atoms with Crippen LogP contribution in [0.2, 0.25) is 0 Å². The molecule has 14 heteroatoms. The average molecular weight is 721 g/mol. The number of benzene rings is 4. The highest BCUT2D eigenvalue weighted by atomic mass is 16.5. The van der Waals surface area contributed by atoms with E-state index in [1.807, 2.05) is 0 Å². The molecule has 4 aromatic carbocycles. The zero-order valence-corrected chi connectivity index (χ0v) is 29.0. The molecule has 0 fully saturated rings. The van der Waals surface area contributed by atoms with E-state index in [9.17, 15) is 38.4 Å². The van der Waals surface area contributed by atoms with E-state index in [1.165, 1.54) is 74.9 Å². The molecule has 2 heterocycles. The standard InChI is InChI=1S/C28H20N2O8.C11H12O4/c1-3-29-23(31)19-10-8-17(12-21(19)25(29)33)18-9-11-20-22(13-18)26(34)30(24(20)32)14-38-28(36)16-6-4-15(5-7-16)27(35)37-2;1-3-15-11(13)9-6-4-8(5-7-9)10(12)14-2/h4-13H,3,14H2,1-2H3;4-7H,3H2,1-2H3. The minimum absolute atomic E-state index is 0.128. The number of amides is 4. The topological polar surface area (TPSA) is 180 Å². The minimum Gasteiger partial charge on any atom is -0.465 e. The van der Waals surface area contributed by atoms with Crippen molar-refractivity contribution in [1.29, 1.82) is 0 Å². The number of methoxy groups -OCH3 is 2. The zero-order chi connectivity index (χ0) is 38.4. The van der Waals surface area contributed by atoms with Crippen LogP contribution in [-0.2, 0) is 18.9 Å². The fourth-order valence-corrected chi connectivity index (χ4v) is 5.49. The summed E-state index contributed by atoms with van der Waals surface area (Å²) in [5, 5.41) is 0. The largest absolute Gasteiger partial charge is 0.465 e. The molecule has 2 aliphatic rings. The summed E-state index contributed by atoms with van der Waals surface area (Å²) >= 11 is 0. The van der Waals surface area contributed by atoms with Crippen LogP contribution in [-0.4, -0.2) is 91.4 Å². The van der Waals surface area contributed by atoms with Crippen molar-refractivity contribution >= 4 is 47.5 Å². The van der Waals surface area contributed by atoms with Gasteiger partial charge in [-0.15, -0.1) is 0 Å². The van der Waals surface area contributed by atoms with Crippen molar-refractivity contribution in [3.8, 4) is 11.1 Å². The molecule has 0 radical (unpaired) electrons. The monoisotopic (exact) mass is 720 g/mol. The van der Waals surface area contributed by atoms with Gasteiger partial charge in [-0.25, -0.2) is 24.1 Å². The molecular weight excluding hydrogens is 688 g/mol. The summed E-state index contributed by atoms with van der Waals surface area (Å²) < 4.78 is 19.1. The molecule has 6 rings (SSSR count). The Morgan fingerprint density at radius 3 is 1.23 bits per heavy atom. The molecule has 0 bridgehead atoms. The lowest BCUT2D eigenvalue weighted by Crippen LogP contribution is -2.33. The fourth-order valence-electron chi connectivity index (χ4n) is 5.49. The molecule has 0 aromatic heterocycles. The number of fused-ring (bicyclic) bond motifs is 2. The van der Waals surface area contributed by atoms with Gasteiger partial charge in [0.1, 0.15) is 0 Å². The summed E-state index contributed by atoms with van der Waals surface area (Å²) in [5.41, 5.74) is 3.27. The number of imide groups is 2. The Morgan fingerprint density at radius 1 is 0.472 bits per heavy atom. The maximum absolute atomic E-state index is 13.0. The van der Waals surface area contributed by atoms with Gasteiger partial charge < -0.3 is 18.9 Å². The third-order valence-electron chi connectivity index (χ3n) is 8.27. The van der Waals surface area contributed by atoms with Gasteiger partial charge in [0.05, 0.1) is 65.3 Å². The lowest BCUT2D eigenvalue weighted by Gasteiger charge is -2.14. The number of esters is 4. The lowest BCUT2D eigenvalue weighted by atomic mass is 9.97. The van der Waals surface area contributed by atoms with E-state index in [-0.39, 0.29) is 46.2 Å². The molecule has 0 unspecified atom stereocenters. The van der Waals surface area contributed by atoms with Gasteiger partial charge in [0.25, 0.3) is 23.6 Å². The SMILES string of the molecule is CCN1C(=O)c2ccc(-c3ccc4c(c3)C(=O)N(COC(=O)c3ccc(C(=O)OC)cc3)C4=O)cc2C1=O.CCOC(=O)c1ccc(C(=O)OC)cc1. The molecule has 53 heavy (non-hydrogen) atoms. The number of ether oxygens (including phenoxy) is 4. The highest BCUT2D eigenvalue weighted by Crippen LogP contribution is 2.32. The number of carbonyl (C=O) groups is 8. The Bertz CT molecular complexity index is 2160. The van der Waals surface area contributed by atoms with Crippen LogP contribution in [0.15, 0.2) is 84.9 Å². The van der Waals surface area contributed by atoms with Gasteiger partial charge in [0, 0.05) is 6.54 Å². The molecule has 270 valence electrons. The average Bonchev–Trinajstić information content (AvgIpc) is 3.58. The summed E-state index contributed by atoms with van der Waals surface area (Å²) in [7, 11) is 2.55. The second-order valence-corrected chi connectivity index (χ2v) is 11.3. The number of rotatable bonds is 9. The van der Waals surface area contributed by atoms with E-state index in [0.717, 1.165) is 9.80 Å². The van der Waals surface area contributed by atoms with Crippen molar-refractivity contribution in [2.24, 2.45) is 0 Å². The third kappa shape index (κ3) is 7.56. The first-order valence-electron chi connectivity index (χ1n) is 16.2. The highest BCUT2D eigenvalue weighted by molar-refractivity contribution is 6.23. The van der Waals surface area contributed by atoms with Gasteiger partial charge >= 0.3 is 23.9 Å². The smallest absolute Gasteiger partial charge is 0.339 e. The molecule has 0 saturated heterocycles. The van der Waals surface area contributed by atoms with E-state index in [1.54, 1.807) is 38.1 Å². The zero-order valence-electron chi connectivity index (χ0n) is 29.0. The number of nitrogens with zero attached hydrogens (tertiary/aromatic N) is 2. The van der Waals surface area contributed by atoms with Gasteiger partial charge in [-0.2, -0.15) is 0 Å². The van der Waals surface area contributed by atoms with E-state index >= 15 is 0 Å². The normalized spacial score (nSPS) is 12.8. The van der Waals surface area contributed by atoms with Crippen LogP contribution < -0.4 is 0 Å². The first-order chi connectivity index (χ1) is 25.4. The van der Waals surface area contributed by atoms with Crippen molar-refractivity contribution in [2.45, 2.75) is 13.8 Å². The quantitative estimate of drug-likeness (QED) is 0.131. The summed E-state index contributed by atoms with van der Waals surface area (Å²) in [6.07, 6.45) is 0. The lowest BCUT2D eigenvalue weighted by molar-refractivity contribution is 0.0225. The van der Waals surface area contributed by atoms with E-state index in [0.29, 0.717) is 34.4 Å². The Hall–Kier alpha value is -6.96. The molecule has 0 spiro atoms. The number of hydrogen-bond acceptors (Lipinski definition) is 12. The first kappa shape index (κ1) is 37.3. The summed E-state index contributed by atoms with van der Waals surface area (Å²) in [6, 6.07) is 21.2. The molecule has 14 nitrogen and oxygen atoms in total. The van der Waals surface area contributed by atoms with Crippen LogP contribution in [0, 0.1) is 0 Å². The molecule has 0 saturated carbocycles. The summed E-state index contributed by atoms with van der Waals surface area (Å²) in [5.74, 6) is -4.13. The van der Waals surface area contributed by atoms with Gasteiger partial charge in [-0.3, -0.25) is 24.1 Å². The third-order valence-corrected chi connectivity index (χ3v) is 8.27. The predicted molar refractivity (Wildman–Crippen MR) is 185 cm³/mol. The van der Waals surface area contributed by atoms with E-state index in [4.69, 9.17) is 9.47 Å². The molecular formula is C39H32N2O12. The van der Waals surface area contributed by atoms with Crippen molar-refractivity contribution in [1.82, 2.24) is 9.80 Å². The Morgan fingerprint density at radius 2 is 0.830 bits per heavy atom. The highest BCUT2D eigenvalue weighted by Gasteiger charge is 2.37. The van der Waals surface area contributed by atoms with Crippen LogP contribution in [0.3, 0.4) is 0 Å². The van der Waals surface area contributed by atoms with Crippen LogP contribution in [0.4, 0.5) is 0 Å². The van der Waals surface area contributed by atoms with Crippen LogP contribution in [0.5, 0.6) is 0 Å². The van der Waals surface area contributed by atoms with Crippen molar-refractivity contribution in [3.63, 3.8) is 0 Å². The fraction of sp³-hybridized carbons (Fsp3) is 0.179. The van der Waals surface area contributed by atoms with Crippen molar-refractivity contribution < 1.29 is 57.3 Å². The maximum atomic E-state index is 13.0. The predicted octanol–water partition coefficient (Wildman–Crippen LogP) is 4.82. The van der Waals surface area contributed by atoms with Crippen molar-refractivity contribution in [2.75, 3.05) is 34.1 Å². The van der Waals surface area contributed by atoms with Gasteiger partial charge in [0.2, 0.25) is 0 Å². The Kier molecular flexibility index (Phi) is 11.2. The minimum atomic E-state index is -0.780. The summed E-state index contributed by atoms with van der Waals surface area (Å²) in [6.45, 7) is 3.45. The van der Waals surface area contributed by atoms with Gasteiger partial charge in [-0.05, 0) is 97.8 Å². The Labute approximate surface area is 302 Å². The van der Waals surface area contributed by atoms with Crippen LogP contribution in [0.25, 0.3) is 11.1 Å². The second kappa shape index (κ2) is 15.9. The molecule has 4 aromatic rings. The Balaban J connectivity index is 0.000000303. The van der Waals surface area contributed by atoms with Crippen LogP contribution in [0.1, 0.15) is 96.7 Å². The molecule has 0 atom stereocenters. The molecule has 0 N–H and O–H groups in total. The summed E-state index contributed by atoms with van der Waals surface area (Å²) in [4.78, 5) is 99.1. The van der Waals surface area contributed by atoms with E-state index < -0.39 is 42.4 Å².